The van der Waals surface area contributed by atoms with E-state index < -0.39 is 11.7 Å². The molecule has 8 heteroatoms. The number of oxazole rings is 1. The van der Waals surface area contributed by atoms with E-state index in [9.17, 15) is 13.9 Å². The molecule has 2 unspecified atom stereocenters. The Morgan fingerprint density at radius 1 is 1.21 bits per heavy atom. The normalized spacial score (nSPS) is 19.4. The molecular formula is C26H29F2N3O3. The highest BCUT2D eigenvalue weighted by Gasteiger charge is 2.49. The van der Waals surface area contributed by atoms with Crippen LogP contribution in [0.4, 0.5) is 8.78 Å². The third-order valence-electron chi connectivity index (χ3n) is 6.33. The topological polar surface area (TPSA) is 92.2 Å². The first-order chi connectivity index (χ1) is 16.1. The fourth-order valence-corrected chi connectivity index (χ4v) is 4.19. The van der Waals surface area contributed by atoms with Crippen LogP contribution in [0.25, 0.3) is 28.4 Å². The molecule has 1 aliphatic rings. The van der Waals surface area contributed by atoms with Gasteiger partial charge in [-0.25, -0.2) is 4.98 Å². The number of aromatic nitrogens is 2. The maximum absolute atomic E-state index is 14.5. The molecule has 6 nitrogen and oxygen atoms in total. The quantitative estimate of drug-likeness (QED) is 0.393. The van der Waals surface area contributed by atoms with Crippen LogP contribution in [-0.4, -0.2) is 32.5 Å². The molecule has 34 heavy (non-hydrogen) atoms. The van der Waals surface area contributed by atoms with Gasteiger partial charge in [-0.1, -0.05) is 19.1 Å². The highest BCUT2D eigenvalue weighted by Crippen LogP contribution is 2.39. The summed E-state index contributed by atoms with van der Waals surface area (Å²) >= 11 is 0. The molecule has 3 aromatic rings. The van der Waals surface area contributed by atoms with Gasteiger partial charge < -0.3 is 19.7 Å². The summed E-state index contributed by atoms with van der Waals surface area (Å²) in [7, 11) is 0. The monoisotopic (exact) mass is 469 g/mol. The summed E-state index contributed by atoms with van der Waals surface area (Å²) in [6.45, 7) is 4.07. The lowest BCUT2D eigenvalue weighted by Crippen LogP contribution is -2.47. The van der Waals surface area contributed by atoms with Crippen molar-refractivity contribution >= 4 is 22.9 Å². The minimum absolute atomic E-state index is 0.117. The maximum atomic E-state index is 14.5. The molecule has 4 rings (SSSR count). The van der Waals surface area contributed by atoms with Crippen molar-refractivity contribution in [3.63, 3.8) is 0 Å². The van der Waals surface area contributed by atoms with Crippen LogP contribution in [0.1, 0.15) is 52.3 Å². The Morgan fingerprint density at radius 3 is 2.62 bits per heavy atom. The smallest absolute Gasteiger partial charge is 0.426 e. The Hall–Kier alpha value is -3.13. The molecule has 180 valence electrons. The molecular weight excluding hydrogens is 440 g/mol. The van der Waals surface area contributed by atoms with Gasteiger partial charge in [0.15, 0.2) is 22.5 Å². The number of rotatable bonds is 8. The molecule has 1 saturated carbocycles. The van der Waals surface area contributed by atoms with E-state index in [1.54, 1.807) is 30.5 Å². The zero-order chi connectivity index (χ0) is 24.5. The van der Waals surface area contributed by atoms with Crippen LogP contribution in [0.5, 0.6) is 5.75 Å². The van der Waals surface area contributed by atoms with Crippen molar-refractivity contribution in [2.24, 2.45) is 11.8 Å². The number of nitrogens with zero attached hydrogens (tertiary/aromatic N) is 2. The summed E-state index contributed by atoms with van der Waals surface area (Å²) in [4.78, 5) is 8.74. The van der Waals surface area contributed by atoms with Crippen molar-refractivity contribution in [2.75, 3.05) is 0 Å². The van der Waals surface area contributed by atoms with Gasteiger partial charge in [-0.2, -0.15) is 8.78 Å². The van der Waals surface area contributed by atoms with Crippen LogP contribution in [0.2, 0.25) is 0 Å². The summed E-state index contributed by atoms with van der Waals surface area (Å²) in [6.07, 6.45) is 5.11. The third-order valence-corrected chi connectivity index (χ3v) is 6.33. The minimum atomic E-state index is -3.85. The van der Waals surface area contributed by atoms with Gasteiger partial charge in [-0.15, -0.1) is 0 Å². The molecule has 2 aromatic heterocycles. The number of aliphatic hydroxyl groups is 1. The van der Waals surface area contributed by atoms with Crippen LogP contribution < -0.4 is 4.74 Å². The Kier molecular flexibility index (Phi) is 6.53. The predicted molar refractivity (Wildman–Crippen MR) is 127 cm³/mol. The molecule has 2 atom stereocenters. The lowest BCUT2D eigenvalue weighted by atomic mass is 9.97. The van der Waals surface area contributed by atoms with E-state index in [1.165, 1.54) is 6.07 Å². The number of allylic oxidation sites excluding steroid dienone is 1. The molecule has 2 heterocycles. The molecule has 1 aromatic carbocycles. The average Bonchev–Trinajstić information content (AvgIpc) is 3.37. The summed E-state index contributed by atoms with van der Waals surface area (Å²) in [5.41, 5.74) is -0.0248. The van der Waals surface area contributed by atoms with E-state index in [4.69, 9.17) is 14.6 Å². The van der Waals surface area contributed by atoms with Gasteiger partial charge in [0.25, 0.3) is 0 Å². The van der Waals surface area contributed by atoms with Gasteiger partial charge in [-0.3, -0.25) is 4.98 Å². The highest BCUT2D eigenvalue weighted by atomic mass is 19.3. The fraction of sp³-hybridized carbons (Fsp3) is 0.423. The van der Waals surface area contributed by atoms with E-state index in [2.05, 4.69) is 16.9 Å². The molecule has 0 spiro atoms. The SMILES string of the molecule is CCC1CCC(C/C=C/c2nc3c(OC(F)(F)C(C)(C)O)ccc(-c4ccccn4)c3o2)C1=N. The highest BCUT2D eigenvalue weighted by molar-refractivity contribution is 5.93. The zero-order valence-electron chi connectivity index (χ0n) is 19.5. The summed E-state index contributed by atoms with van der Waals surface area (Å²) < 4.78 is 39.8. The second-order valence-corrected chi connectivity index (χ2v) is 9.21. The first-order valence-corrected chi connectivity index (χ1v) is 11.5. The van der Waals surface area contributed by atoms with Crippen LogP contribution in [-0.2, 0) is 0 Å². The first-order valence-electron chi connectivity index (χ1n) is 11.5. The van der Waals surface area contributed by atoms with E-state index in [-0.39, 0.29) is 28.7 Å². The van der Waals surface area contributed by atoms with Crippen molar-refractivity contribution in [2.45, 2.75) is 58.2 Å². The van der Waals surface area contributed by atoms with E-state index in [1.807, 2.05) is 12.1 Å². The molecule has 0 amide bonds. The van der Waals surface area contributed by atoms with Crippen LogP contribution in [0.3, 0.4) is 0 Å². The molecule has 1 fully saturated rings. The molecule has 1 aliphatic carbocycles. The average molecular weight is 470 g/mol. The Morgan fingerprint density at radius 2 is 1.97 bits per heavy atom. The Bertz CT molecular complexity index is 1200. The van der Waals surface area contributed by atoms with Gasteiger partial charge in [0.1, 0.15) is 0 Å². The third kappa shape index (κ3) is 4.73. The van der Waals surface area contributed by atoms with E-state index in [0.29, 0.717) is 23.6 Å². The van der Waals surface area contributed by atoms with Gasteiger partial charge in [-0.05, 0) is 75.8 Å². The van der Waals surface area contributed by atoms with E-state index in [0.717, 1.165) is 38.8 Å². The van der Waals surface area contributed by atoms with Gasteiger partial charge in [0.2, 0.25) is 5.89 Å². The molecule has 0 bridgehead atoms. The summed E-state index contributed by atoms with van der Waals surface area (Å²) in [6, 6.07) is 8.35. The number of hydrogen-bond acceptors (Lipinski definition) is 6. The van der Waals surface area contributed by atoms with Crippen molar-refractivity contribution in [3.8, 4) is 17.0 Å². The zero-order valence-corrected chi connectivity index (χ0v) is 19.5. The van der Waals surface area contributed by atoms with Crippen molar-refractivity contribution in [3.05, 3.63) is 48.5 Å². The number of nitrogens with one attached hydrogen (secondary N) is 1. The first kappa shape index (κ1) is 24.0. The molecule has 0 radical (unpaired) electrons. The number of alkyl halides is 2. The second-order valence-electron chi connectivity index (χ2n) is 9.21. The number of benzene rings is 1. The van der Waals surface area contributed by atoms with Crippen molar-refractivity contribution in [1.29, 1.82) is 5.41 Å². The van der Waals surface area contributed by atoms with Crippen LogP contribution in [0, 0.1) is 17.2 Å². The van der Waals surface area contributed by atoms with Gasteiger partial charge in [0, 0.05) is 23.4 Å². The standard InChI is InChI=1S/C26H29F2N3O3/c1-4-16-11-12-17(22(16)29)8-7-10-21-31-23-20(34-26(27,28)25(2,3)32)14-13-18(24(23)33-21)19-9-5-6-15-30-19/h5-7,9-10,13-17,29,32H,4,8,11-12H2,1-3H3/b10-7+,29-22?. The lowest BCUT2D eigenvalue weighted by molar-refractivity contribution is -0.275. The van der Waals surface area contributed by atoms with Crippen LogP contribution in [0.15, 0.2) is 47.0 Å². The van der Waals surface area contributed by atoms with Gasteiger partial charge in [0.05, 0.1) is 5.69 Å². The number of ether oxygens (including phenoxy) is 1. The second kappa shape index (κ2) is 9.25. The summed E-state index contributed by atoms with van der Waals surface area (Å²) in [5.74, 6) is 0.611. The Labute approximate surface area is 197 Å². The number of halogens is 2. The Balaban J connectivity index is 1.68. The molecule has 0 aliphatic heterocycles. The number of hydrogen-bond donors (Lipinski definition) is 2. The van der Waals surface area contributed by atoms with Crippen LogP contribution >= 0.6 is 0 Å². The molecule has 2 N–H and O–H groups in total. The minimum Gasteiger partial charge on any atom is -0.436 e. The van der Waals surface area contributed by atoms with E-state index >= 15 is 0 Å². The number of pyridine rings is 1. The fourth-order valence-electron chi connectivity index (χ4n) is 4.19. The van der Waals surface area contributed by atoms with Gasteiger partial charge >= 0.3 is 6.11 Å². The number of fused-ring (bicyclic) bond motifs is 1. The maximum Gasteiger partial charge on any atom is 0.426 e. The molecule has 0 saturated heterocycles. The van der Waals surface area contributed by atoms with Crippen molar-refractivity contribution in [1.82, 2.24) is 9.97 Å². The lowest BCUT2D eigenvalue weighted by Gasteiger charge is -2.28. The predicted octanol–water partition coefficient (Wildman–Crippen LogP) is 6.49. The largest absolute Gasteiger partial charge is 0.436 e. The summed E-state index contributed by atoms with van der Waals surface area (Å²) in [5, 5.41) is 18.2. The van der Waals surface area contributed by atoms with Crippen molar-refractivity contribution < 1.29 is 23.0 Å².